The minimum absolute atomic E-state index is 0.719. The molecule has 0 N–H and O–H groups in total. The Morgan fingerprint density at radius 1 is 1.08 bits per heavy atom. The van der Waals surface area contributed by atoms with Crippen LogP contribution in [0.5, 0.6) is 0 Å². The highest BCUT2D eigenvalue weighted by molar-refractivity contribution is 5.61. The summed E-state index contributed by atoms with van der Waals surface area (Å²) >= 11 is 0. The average Bonchev–Trinajstić information content (AvgIpc) is 2.62. The van der Waals surface area contributed by atoms with Gasteiger partial charge >= 0.3 is 0 Å². The van der Waals surface area contributed by atoms with Crippen LogP contribution in [0, 0.1) is 5.92 Å². The Balaban J connectivity index is 1.64. The Labute approximate surface area is 146 Å². The minimum atomic E-state index is 0.719. The molecule has 0 atom stereocenters. The molecule has 1 aromatic heterocycles. The first-order chi connectivity index (χ1) is 11.7. The SMILES string of the molecule is C=Cc1ccc(-c2ccc(C3CCC(CC(=C)C)CC3)cc2)nc1. The van der Waals surface area contributed by atoms with Gasteiger partial charge in [0.15, 0.2) is 0 Å². The molecule has 0 spiro atoms. The second-order valence-electron chi connectivity index (χ2n) is 7.18. The molecule has 24 heavy (non-hydrogen) atoms. The van der Waals surface area contributed by atoms with Gasteiger partial charge in [-0.3, -0.25) is 4.98 Å². The summed E-state index contributed by atoms with van der Waals surface area (Å²) in [5.74, 6) is 1.57. The fraction of sp³-hybridized carbons (Fsp3) is 0.348. The summed E-state index contributed by atoms with van der Waals surface area (Å²) in [5.41, 5.74) is 6.08. The van der Waals surface area contributed by atoms with Gasteiger partial charge in [0.05, 0.1) is 5.69 Å². The lowest BCUT2D eigenvalue weighted by Crippen LogP contribution is -2.13. The highest BCUT2D eigenvalue weighted by Gasteiger charge is 2.22. The van der Waals surface area contributed by atoms with Crippen LogP contribution in [0.2, 0.25) is 0 Å². The number of pyridine rings is 1. The van der Waals surface area contributed by atoms with Crippen LogP contribution in [0.25, 0.3) is 17.3 Å². The third-order valence-electron chi connectivity index (χ3n) is 5.18. The van der Waals surface area contributed by atoms with Crippen molar-refractivity contribution in [1.29, 1.82) is 0 Å². The van der Waals surface area contributed by atoms with Crippen LogP contribution in [-0.4, -0.2) is 4.98 Å². The monoisotopic (exact) mass is 317 g/mol. The largest absolute Gasteiger partial charge is 0.256 e. The summed E-state index contributed by atoms with van der Waals surface area (Å²) in [5, 5.41) is 0. The zero-order chi connectivity index (χ0) is 16.9. The second kappa shape index (κ2) is 7.61. The molecule has 2 aromatic rings. The van der Waals surface area contributed by atoms with Gasteiger partial charge in [-0.15, -0.1) is 6.58 Å². The zero-order valence-corrected chi connectivity index (χ0v) is 14.7. The first-order valence-electron chi connectivity index (χ1n) is 8.99. The molecule has 0 unspecified atom stereocenters. The van der Waals surface area contributed by atoms with Gasteiger partial charge in [-0.2, -0.15) is 0 Å². The van der Waals surface area contributed by atoms with Gasteiger partial charge in [0.2, 0.25) is 0 Å². The Bertz CT molecular complexity index is 686. The summed E-state index contributed by atoms with van der Waals surface area (Å²) in [6.07, 6.45) is 10.2. The van der Waals surface area contributed by atoms with Gasteiger partial charge in [0.25, 0.3) is 0 Å². The zero-order valence-electron chi connectivity index (χ0n) is 14.7. The lowest BCUT2D eigenvalue weighted by Gasteiger charge is -2.29. The number of hydrogen-bond acceptors (Lipinski definition) is 1. The maximum absolute atomic E-state index is 4.52. The number of benzene rings is 1. The lowest BCUT2D eigenvalue weighted by atomic mass is 9.77. The second-order valence-corrected chi connectivity index (χ2v) is 7.18. The summed E-state index contributed by atoms with van der Waals surface area (Å²) in [6, 6.07) is 13.1. The van der Waals surface area contributed by atoms with Crippen LogP contribution in [0.15, 0.2) is 61.3 Å². The maximum atomic E-state index is 4.52. The van der Waals surface area contributed by atoms with Gasteiger partial charge in [-0.1, -0.05) is 48.6 Å². The number of hydrogen-bond donors (Lipinski definition) is 0. The molecule has 1 heterocycles. The van der Waals surface area contributed by atoms with Crippen molar-refractivity contribution in [3.63, 3.8) is 0 Å². The quantitative estimate of drug-likeness (QED) is 0.564. The molecule has 0 amide bonds. The third-order valence-corrected chi connectivity index (χ3v) is 5.18. The van der Waals surface area contributed by atoms with Crippen molar-refractivity contribution in [1.82, 2.24) is 4.98 Å². The van der Waals surface area contributed by atoms with E-state index in [0.717, 1.165) is 23.1 Å². The molecule has 1 aliphatic carbocycles. The standard InChI is InChI=1S/C23H27N/c1-4-18-7-14-23(24-16-18)22-12-10-21(11-13-22)20-8-5-19(6-9-20)15-17(2)3/h4,7,10-14,16,19-20H,1-2,5-6,8-9,15H2,3H3. The van der Waals surface area contributed by atoms with Gasteiger partial charge in [0.1, 0.15) is 0 Å². The van der Waals surface area contributed by atoms with Gasteiger partial charge in [-0.05, 0) is 68.1 Å². The number of nitrogens with zero attached hydrogens (tertiary/aromatic N) is 1. The summed E-state index contributed by atoms with van der Waals surface area (Å²) in [4.78, 5) is 4.52. The molecule has 3 rings (SSSR count). The Kier molecular flexibility index (Phi) is 5.30. The predicted molar refractivity (Wildman–Crippen MR) is 104 cm³/mol. The first-order valence-corrected chi connectivity index (χ1v) is 8.99. The van der Waals surface area contributed by atoms with Gasteiger partial charge in [0, 0.05) is 11.8 Å². The molecule has 1 nitrogen and oxygen atoms in total. The van der Waals surface area contributed by atoms with E-state index in [0.29, 0.717) is 0 Å². The average molecular weight is 317 g/mol. The van der Waals surface area contributed by atoms with Crippen molar-refractivity contribution in [2.45, 2.75) is 44.9 Å². The van der Waals surface area contributed by atoms with Crippen LogP contribution in [-0.2, 0) is 0 Å². The molecule has 0 saturated heterocycles. The normalized spacial score (nSPS) is 20.5. The van der Waals surface area contributed by atoms with Crippen LogP contribution >= 0.6 is 0 Å². The molecule has 0 bridgehead atoms. The van der Waals surface area contributed by atoms with E-state index in [-0.39, 0.29) is 0 Å². The minimum Gasteiger partial charge on any atom is -0.256 e. The van der Waals surface area contributed by atoms with E-state index >= 15 is 0 Å². The Hall–Kier alpha value is -2.15. The molecular weight excluding hydrogens is 290 g/mol. The van der Waals surface area contributed by atoms with E-state index in [4.69, 9.17) is 0 Å². The van der Waals surface area contributed by atoms with Crippen LogP contribution in [0.1, 0.15) is 56.1 Å². The molecule has 1 fully saturated rings. The van der Waals surface area contributed by atoms with Crippen molar-refractivity contribution in [3.05, 3.63) is 72.5 Å². The van der Waals surface area contributed by atoms with Gasteiger partial charge in [-0.25, -0.2) is 0 Å². The molecule has 1 aromatic carbocycles. The first kappa shape index (κ1) is 16.7. The van der Waals surface area contributed by atoms with Crippen LogP contribution in [0.3, 0.4) is 0 Å². The molecule has 1 saturated carbocycles. The van der Waals surface area contributed by atoms with E-state index in [1.165, 1.54) is 48.8 Å². The lowest BCUT2D eigenvalue weighted by molar-refractivity contribution is 0.324. The van der Waals surface area contributed by atoms with E-state index in [1.54, 1.807) is 0 Å². The molecule has 0 radical (unpaired) electrons. The fourth-order valence-electron chi connectivity index (χ4n) is 3.82. The fourth-order valence-corrected chi connectivity index (χ4v) is 3.82. The van der Waals surface area contributed by atoms with Crippen LogP contribution in [0.4, 0.5) is 0 Å². The Morgan fingerprint density at radius 2 is 1.79 bits per heavy atom. The van der Waals surface area contributed by atoms with Crippen molar-refractivity contribution in [2.75, 3.05) is 0 Å². The van der Waals surface area contributed by atoms with E-state index < -0.39 is 0 Å². The maximum Gasteiger partial charge on any atom is 0.0702 e. The number of rotatable bonds is 5. The molecule has 124 valence electrons. The summed E-state index contributed by atoms with van der Waals surface area (Å²) in [6.45, 7) is 9.99. The number of allylic oxidation sites excluding steroid dienone is 1. The predicted octanol–water partition coefficient (Wildman–Crippen LogP) is 6.63. The van der Waals surface area contributed by atoms with Crippen molar-refractivity contribution in [2.24, 2.45) is 5.92 Å². The molecule has 1 heteroatoms. The van der Waals surface area contributed by atoms with Crippen LogP contribution < -0.4 is 0 Å². The third kappa shape index (κ3) is 4.03. The summed E-state index contributed by atoms with van der Waals surface area (Å²) in [7, 11) is 0. The molecule has 0 aliphatic heterocycles. The smallest absolute Gasteiger partial charge is 0.0702 e. The van der Waals surface area contributed by atoms with E-state index in [9.17, 15) is 0 Å². The van der Waals surface area contributed by atoms with E-state index in [1.807, 2.05) is 12.3 Å². The number of aromatic nitrogens is 1. The topological polar surface area (TPSA) is 12.9 Å². The Morgan fingerprint density at radius 3 is 2.33 bits per heavy atom. The molecule has 1 aliphatic rings. The van der Waals surface area contributed by atoms with Crippen molar-refractivity contribution in [3.8, 4) is 11.3 Å². The molecular formula is C23H27N. The summed E-state index contributed by atoms with van der Waals surface area (Å²) < 4.78 is 0. The highest BCUT2D eigenvalue weighted by Crippen LogP contribution is 2.38. The van der Waals surface area contributed by atoms with Crippen molar-refractivity contribution >= 4 is 6.08 Å². The van der Waals surface area contributed by atoms with E-state index in [2.05, 4.69) is 61.5 Å². The van der Waals surface area contributed by atoms with Gasteiger partial charge < -0.3 is 0 Å². The van der Waals surface area contributed by atoms with Crippen molar-refractivity contribution < 1.29 is 0 Å². The highest BCUT2D eigenvalue weighted by atomic mass is 14.7.